The molecule has 0 saturated carbocycles. The molecule has 0 spiro atoms. The van der Waals surface area contributed by atoms with E-state index < -0.39 is 0 Å². The number of rotatable bonds is 0. The normalized spacial score (nSPS) is 0.800. The first kappa shape index (κ1) is 81.5. The van der Waals surface area contributed by atoms with Crippen LogP contribution in [0, 0.1) is 71.0 Å². The topological polar surface area (TPSA) is 143 Å². The first-order valence-corrected chi connectivity index (χ1v) is 1.34. The van der Waals surface area contributed by atoms with Gasteiger partial charge in [-0.15, -0.1) is 0 Å². The van der Waals surface area contributed by atoms with E-state index >= 15 is 0 Å². The zero-order valence-electron chi connectivity index (χ0n) is 7.74. The molecule has 15 heavy (non-hydrogen) atoms. The molecule has 0 saturated heterocycles. The van der Waals surface area contributed by atoms with Gasteiger partial charge in [0, 0.05) is 0 Å². The van der Waals surface area contributed by atoms with Crippen molar-refractivity contribution in [2.24, 2.45) is 0 Å². The molecule has 6 nitrogen and oxygen atoms in total. The van der Waals surface area contributed by atoms with Gasteiger partial charge in [-0.25, -0.2) is 0 Å². The van der Waals surface area contributed by atoms with E-state index in [0.29, 0.717) is 0 Å². The molecule has 0 N–H and O–H groups in total. The quantitative estimate of drug-likeness (QED) is 0.346. The predicted molar refractivity (Wildman–Crippen MR) is 29.8 cm³/mol. The second kappa shape index (κ2) is 7400000. The summed E-state index contributed by atoms with van der Waals surface area (Å²) in [6.07, 6.45) is 0. The minimum Gasteiger partial charge on any atom is -0.512 e. The van der Waals surface area contributed by atoms with Crippen molar-refractivity contribution in [3.05, 3.63) is 39.4 Å². The molecule has 0 atom stereocenters. The van der Waals surface area contributed by atoms with Crippen molar-refractivity contribution >= 4 is 0 Å². The van der Waals surface area contributed by atoms with Crippen molar-refractivity contribution in [1.29, 1.82) is 31.6 Å². The van der Waals surface area contributed by atoms with Crippen molar-refractivity contribution in [1.82, 2.24) is 0 Å². The van der Waals surface area contributed by atoms with E-state index in [0.717, 1.165) is 0 Å². The molecule has 0 aliphatic carbocycles. The van der Waals surface area contributed by atoms with Crippen LogP contribution in [0.1, 0.15) is 0 Å². The maximum atomic E-state index is 6.25. The fraction of sp³-hybridized carbons (Fsp3) is 0. The average Bonchev–Trinajstić information content (AvgIpc) is 2.33. The molecule has 9 heteroatoms. The molecular formula is C6CdFeKN6-. The number of hydrogen-bond acceptors (Lipinski definition) is 6. The third kappa shape index (κ3) is 6300000. The third-order valence-corrected chi connectivity index (χ3v) is 0. The van der Waals surface area contributed by atoms with Gasteiger partial charge in [0.05, 0.1) is 0 Å². The molecule has 0 radical (unpaired) electrons. The molecule has 0 aromatic heterocycles. The number of nitrogens with zero attached hydrogens (tertiary/aromatic N) is 6. The molecule has 0 fully saturated rings. The van der Waals surface area contributed by atoms with Crippen molar-refractivity contribution in [3.63, 3.8) is 0 Å². The summed E-state index contributed by atoms with van der Waals surface area (Å²) >= 11 is 0. The Balaban J connectivity index is -0.00000000396. The van der Waals surface area contributed by atoms with Gasteiger partial charge < -0.3 is 71.0 Å². The minimum absolute atomic E-state index is 0. The Bertz CT molecular complexity index is 103. The van der Waals surface area contributed by atoms with E-state index in [9.17, 15) is 0 Å². The van der Waals surface area contributed by atoms with Crippen LogP contribution in [0.4, 0.5) is 0 Å². The Morgan fingerprint density at radius 3 is 0.400 bits per heavy atom. The summed E-state index contributed by atoms with van der Waals surface area (Å²) in [5.41, 5.74) is 0. The van der Waals surface area contributed by atoms with Gasteiger partial charge in [-0.3, -0.25) is 0 Å². The second-order valence-corrected chi connectivity index (χ2v) is 0. The van der Waals surface area contributed by atoms with Crippen LogP contribution in [-0.2, 0) is 44.4 Å². The van der Waals surface area contributed by atoms with E-state index in [2.05, 4.69) is 0 Å². The minimum atomic E-state index is 0. The van der Waals surface area contributed by atoms with Gasteiger partial charge in [0.15, 0.2) is 0 Å². The van der Waals surface area contributed by atoms with Crippen LogP contribution >= 0.6 is 0 Å². The summed E-state index contributed by atoms with van der Waals surface area (Å²) in [6, 6.07) is 0. The molecule has 0 rings (SSSR count). The van der Waals surface area contributed by atoms with Gasteiger partial charge in [0.25, 0.3) is 0 Å². The predicted octanol–water partition coefficient (Wildman–Crippen LogP) is -2.42. The second-order valence-electron chi connectivity index (χ2n) is 0. The average molecular weight is 363 g/mol. The zero-order chi connectivity index (χ0) is 12.0. The third-order valence-electron chi connectivity index (χ3n) is 0. The van der Waals surface area contributed by atoms with Crippen LogP contribution < -0.4 is 51.4 Å². The Hall–Kier alpha value is 0.0179. The molecule has 0 aliphatic heterocycles. The summed E-state index contributed by atoms with van der Waals surface area (Å²) in [5.74, 6) is 0. The Labute approximate surface area is 164 Å². The standard InChI is InChI=1S/6CN.Cd.Fe.K/c6*1-2;;;/q6*-1;2*+2;+1. The zero-order valence-corrected chi connectivity index (χ0v) is 16.0. The van der Waals surface area contributed by atoms with Gasteiger partial charge in [-0.05, 0) is 0 Å². The molecule has 0 aromatic carbocycles. The smallest absolute Gasteiger partial charge is 0.512 e. The largest absolute Gasteiger partial charge is 2.00 e. The van der Waals surface area contributed by atoms with Crippen molar-refractivity contribution in [2.75, 3.05) is 0 Å². The summed E-state index contributed by atoms with van der Waals surface area (Å²) in [4.78, 5) is 0. The Morgan fingerprint density at radius 1 is 0.400 bits per heavy atom. The van der Waals surface area contributed by atoms with E-state index in [1.165, 1.54) is 0 Å². The maximum absolute atomic E-state index is 6.25. The Morgan fingerprint density at radius 2 is 0.400 bits per heavy atom. The molecule has 66 valence electrons. The molecule has 0 heterocycles. The summed E-state index contributed by atoms with van der Waals surface area (Å²) in [7, 11) is 0. The van der Waals surface area contributed by atoms with E-state index in [1.807, 2.05) is 0 Å². The fourth-order valence-corrected chi connectivity index (χ4v) is 0. The Kier molecular flexibility index (Phi) is 40200000. The van der Waals surface area contributed by atoms with Crippen LogP contribution in [-0.4, -0.2) is 0 Å². The van der Waals surface area contributed by atoms with Crippen LogP contribution in [0.2, 0.25) is 0 Å². The van der Waals surface area contributed by atoms with Crippen molar-refractivity contribution in [3.8, 4) is 0 Å². The van der Waals surface area contributed by atoms with Crippen molar-refractivity contribution in [2.45, 2.75) is 0 Å². The number of hydrogen-bond donors (Lipinski definition) is 0. The van der Waals surface area contributed by atoms with Gasteiger partial charge in [-0.1, -0.05) is 0 Å². The molecule has 0 unspecified atom stereocenters. The van der Waals surface area contributed by atoms with E-state index in [1.54, 1.807) is 0 Å². The van der Waals surface area contributed by atoms with Gasteiger partial charge in [0.1, 0.15) is 0 Å². The van der Waals surface area contributed by atoms with Crippen molar-refractivity contribution < 1.29 is 95.8 Å². The van der Waals surface area contributed by atoms with Gasteiger partial charge in [-0.2, -0.15) is 0 Å². The molecule has 0 aromatic rings. The maximum Gasteiger partial charge on any atom is 2.00 e. The SMILES string of the molecule is [C-]#N.[C-]#N.[C-]#N.[C-]#N.[C-]#N.[C-]#N.[Cd+2].[Fe+2].[K+]. The van der Waals surface area contributed by atoms with Crippen LogP contribution in [0.25, 0.3) is 0 Å². The fourth-order valence-electron chi connectivity index (χ4n) is 0. The monoisotopic (exact) mass is 365 g/mol. The molecular weight excluding hydrogens is 363 g/mol. The van der Waals surface area contributed by atoms with E-state index in [-0.39, 0.29) is 95.8 Å². The molecule has 0 aliphatic rings. The van der Waals surface area contributed by atoms with Gasteiger partial charge in [0.2, 0.25) is 0 Å². The van der Waals surface area contributed by atoms with Gasteiger partial charge >= 0.3 is 95.8 Å². The molecule has 0 amide bonds. The summed E-state index contributed by atoms with van der Waals surface area (Å²) in [6.45, 7) is 28.5. The van der Waals surface area contributed by atoms with Crippen LogP contribution in [0.5, 0.6) is 0 Å². The summed E-state index contributed by atoms with van der Waals surface area (Å²) in [5, 5.41) is 37.5. The van der Waals surface area contributed by atoms with E-state index in [4.69, 9.17) is 71.0 Å². The first-order chi connectivity index (χ1) is 6.00. The first-order valence-electron chi connectivity index (χ1n) is 1.34. The van der Waals surface area contributed by atoms with Crippen LogP contribution in [0.15, 0.2) is 0 Å². The van der Waals surface area contributed by atoms with Crippen LogP contribution in [0.3, 0.4) is 0 Å². The molecule has 0 bridgehead atoms. The summed E-state index contributed by atoms with van der Waals surface area (Å²) < 4.78 is 0.